The molecule has 2 amide bonds. The fourth-order valence-electron chi connectivity index (χ4n) is 3.57. The number of likely N-dealkylation sites (tertiary alicyclic amines) is 1. The van der Waals surface area contributed by atoms with Gasteiger partial charge in [-0.2, -0.15) is 0 Å². The molecule has 0 radical (unpaired) electrons. The minimum absolute atomic E-state index is 0.131. The van der Waals surface area contributed by atoms with Crippen molar-refractivity contribution in [3.63, 3.8) is 0 Å². The molecule has 2 aliphatic carbocycles. The van der Waals surface area contributed by atoms with Crippen LogP contribution in [-0.2, 0) is 4.74 Å². The Morgan fingerprint density at radius 1 is 1.16 bits per heavy atom. The van der Waals surface area contributed by atoms with E-state index in [1.165, 1.54) is 44.9 Å². The summed E-state index contributed by atoms with van der Waals surface area (Å²) in [5.41, 5.74) is 0. The van der Waals surface area contributed by atoms with Gasteiger partial charge in [0.1, 0.15) is 0 Å². The molecule has 3 fully saturated rings. The van der Waals surface area contributed by atoms with Crippen molar-refractivity contribution >= 4 is 6.03 Å². The Bertz CT molecular complexity index is 317. The summed E-state index contributed by atoms with van der Waals surface area (Å²) in [5.74, 6) is 1.57. The smallest absolute Gasteiger partial charge is 0.317 e. The van der Waals surface area contributed by atoms with Gasteiger partial charge in [0.15, 0.2) is 0 Å². The number of hydrogen-bond acceptors (Lipinski definition) is 2. The molecule has 4 nitrogen and oxygen atoms in total. The minimum Gasteiger partial charge on any atom is -0.379 e. The molecule has 2 atom stereocenters. The summed E-state index contributed by atoms with van der Waals surface area (Å²) >= 11 is 0. The van der Waals surface area contributed by atoms with Crippen LogP contribution < -0.4 is 5.32 Å². The first-order valence-electron chi connectivity index (χ1n) is 7.97. The van der Waals surface area contributed by atoms with Gasteiger partial charge in [-0.3, -0.25) is 0 Å². The molecule has 2 saturated carbocycles. The molecule has 0 spiro atoms. The standard InChI is InChI=1S/C15H26N2O2/c18-15(16-8-10-19-11-12-6-7-12)17-9-2-4-13-3-1-5-14(13)17/h12-14H,1-11H2,(H,16,18)/t13-,14+/m1/s1. The highest BCUT2D eigenvalue weighted by Crippen LogP contribution is 2.36. The van der Waals surface area contributed by atoms with Gasteiger partial charge in [-0.05, 0) is 50.4 Å². The molecule has 0 aromatic carbocycles. The van der Waals surface area contributed by atoms with Gasteiger partial charge >= 0.3 is 6.03 Å². The van der Waals surface area contributed by atoms with Gasteiger partial charge in [-0.15, -0.1) is 0 Å². The number of nitrogens with zero attached hydrogens (tertiary/aromatic N) is 1. The number of piperidine rings is 1. The predicted molar refractivity (Wildman–Crippen MR) is 74.0 cm³/mol. The lowest BCUT2D eigenvalue weighted by Gasteiger charge is -2.37. The molecule has 108 valence electrons. The van der Waals surface area contributed by atoms with Crippen LogP contribution in [-0.4, -0.2) is 43.3 Å². The van der Waals surface area contributed by atoms with Gasteiger partial charge in [0.05, 0.1) is 6.61 Å². The van der Waals surface area contributed by atoms with Crippen LogP contribution in [0.5, 0.6) is 0 Å². The zero-order valence-corrected chi connectivity index (χ0v) is 11.8. The lowest BCUT2D eigenvalue weighted by molar-refractivity contribution is 0.112. The van der Waals surface area contributed by atoms with Crippen molar-refractivity contribution in [2.75, 3.05) is 26.3 Å². The lowest BCUT2D eigenvalue weighted by atomic mass is 9.92. The van der Waals surface area contributed by atoms with E-state index in [-0.39, 0.29) is 6.03 Å². The second-order valence-electron chi connectivity index (χ2n) is 6.34. The molecule has 3 rings (SSSR count). The minimum atomic E-state index is 0.131. The summed E-state index contributed by atoms with van der Waals surface area (Å²) in [7, 11) is 0. The summed E-state index contributed by atoms with van der Waals surface area (Å²) in [6, 6.07) is 0.646. The number of urea groups is 1. The third-order valence-corrected chi connectivity index (χ3v) is 4.83. The number of amides is 2. The van der Waals surface area contributed by atoms with Crippen molar-refractivity contribution < 1.29 is 9.53 Å². The number of carbonyl (C=O) groups is 1. The van der Waals surface area contributed by atoms with Crippen molar-refractivity contribution in [3.8, 4) is 0 Å². The van der Waals surface area contributed by atoms with Crippen LogP contribution >= 0.6 is 0 Å². The SMILES string of the molecule is O=C(NCCOCC1CC1)N1CCC[C@H]2CCC[C@@H]21. The molecule has 1 heterocycles. The average Bonchev–Trinajstić information content (AvgIpc) is 3.12. The average molecular weight is 266 g/mol. The lowest BCUT2D eigenvalue weighted by Crippen LogP contribution is -2.51. The Kier molecular flexibility index (Phi) is 4.26. The number of fused-ring (bicyclic) bond motifs is 1. The Labute approximate surface area is 115 Å². The molecule has 1 N–H and O–H groups in total. The summed E-state index contributed by atoms with van der Waals surface area (Å²) in [6.45, 7) is 3.13. The van der Waals surface area contributed by atoms with Gasteiger partial charge in [0.2, 0.25) is 0 Å². The molecule has 4 heteroatoms. The first-order chi connectivity index (χ1) is 9.34. The van der Waals surface area contributed by atoms with Gasteiger partial charge in [-0.1, -0.05) is 6.42 Å². The second kappa shape index (κ2) is 6.12. The van der Waals surface area contributed by atoms with E-state index in [2.05, 4.69) is 10.2 Å². The number of nitrogens with one attached hydrogen (secondary N) is 1. The topological polar surface area (TPSA) is 41.6 Å². The van der Waals surface area contributed by atoms with Crippen LogP contribution in [0, 0.1) is 11.8 Å². The molecular weight excluding hydrogens is 240 g/mol. The third-order valence-electron chi connectivity index (χ3n) is 4.83. The van der Waals surface area contributed by atoms with E-state index < -0.39 is 0 Å². The second-order valence-corrected chi connectivity index (χ2v) is 6.34. The summed E-state index contributed by atoms with van der Waals surface area (Å²) in [4.78, 5) is 14.3. The van der Waals surface area contributed by atoms with Crippen molar-refractivity contribution in [2.24, 2.45) is 11.8 Å². The zero-order chi connectivity index (χ0) is 13.1. The first kappa shape index (κ1) is 13.2. The summed E-state index contributed by atoms with van der Waals surface area (Å²) in [6.07, 6.45) is 8.96. The number of hydrogen-bond donors (Lipinski definition) is 1. The predicted octanol–water partition coefficient (Wildman–Crippen LogP) is 2.39. The van der Waals surface area contributed by atoms with Gasteiger partial charge in [0.25, 0.3) is 0 Å². The Morgan fingerprint density at radius 3 is 2.84 bits per heavy atom. The number of ether oxygens (including phenoxy) is 1. The van der Waals surface area contributed by atoms with Crippen LogP contribution in [0.2, 0.25) is 0 Å². The highest BCUT2D eigenvalue weighted by molar-refractivity contribution is 5.74. The van der Waals surface area contributed by atoms with Crippen molar-refractivity contribution in [2.45, 2.75) is 51.0 Å². The van der Waals surface area contributed by atoms with E-state index in [0.29, 0.717) is 19.2 Å². The highest BCUT2D eigenvalue weighted by Gasteiger charge is 2.37. The van der Waals surface area contributed by atoms with E-state index in [9.17, 15) is 4.79 Å². The van der Waals surface area contributed by atoms with E-state index in [1.54, 1.807) is 0 Å². The maximum atomic E-state index is 12.2. The Morgan fingerprint density at radius 2 is 2.00 bits per heavy atom. The normalized spacial score (nSPS) is 30.2. The number of carbonyl (C=O) groups excluding carboxylic acids is 1. The zero-order valence-electron chi connectivity index (χ0n) is 11.8. The van der Waals surface area contributed by atoms with Crippen molar-refractivity contribution in [1.29, 1.82) is 0 Å². The monoisotopic (exact) mass is 266 g/mol. The molecule has 19 heavy (non-hydrogen) atoms. The largest absolute Gasteiger partial charge is 0.379 e. The first-order valence-corrected chi connectivity index (χ1v) is 7.97. The molecule has 1 saturated heterocycles. The van der Waals surface area contributed by atoms with E-state index >= 15 is 0 Å². The van der Waals surface area contributed by atoms with Crippen LogP contribution in [0.1, 0.15) is 44.9 Å². The molecule has 0 unspecified atom stereocenters. The molecular formula is C15H26N2O2. The van der Waals surface area contributed by atoms with E-state index in [4.69, 9.17) is 4.74 Å². The molecule has 0 aromatic heterocycles. The summed E-state index contributed by atoms with van der Waals surface area (Å²) < 4.78 is 5.55. The molecule has 1 aliphatic heterocycles. The maximum absolute atomic E-state index is 12.2. The quantitative estimate of drug-likeness (QED) is 0.776. The van der Waals surface area contributed by atoms with Crippen LogP contribution in [0.15, 0.2) is 0 Å². The van der Waals surface area contributed by atoms with Gasteiger partial charge < -0.3 is 15.0 Å². The Hall–Kier alpha value is -0.770. The summed E-state index contributed by atoms with van der Waals surface area (Å²) in [5, 5.41) is 3.02. The Balaban J connectivity index is 1.36. The third kappa shape index (κ3) is 3.41. The van der Waals surface area contributed by atoms with Crippen LogP contribution in [0.25, 0.3) is 0 Å². The van der Waals surface area contributed by atoms with E-state index in [0.717, 1.165) is 25.0 Å². The van der Waals surface area contributed by atoms with Crippen molar-refractivity contribution in [1.82, 2.24) is 10.2 Å². The van der Waals surface area contributed by atoms with Gasteiger partial charge in [0, 0.05) is 25.7 Å². The molecule has 0 bridgehead atoms. The van der Waals surface area contributed by atoms with Crippen molar-refractivity contribution in [3.05, 3.63) is 0 Å². The van der Waals surface area contributed by atoms with E-state index in [1.807, 2.05) is 0 Å². The molecule has 0 aromatic rings. The molecule has 3 aliphatic rings. The fourth-order valence-corrected chi connectivity index (χ4v) is 3.57. The van der Waals surface area contributed by atoms with Crippen LogP contribution in [0.4, 0.5) is 4.79 Å². The maximum Gasteiger partial charge on any atom is 0.317 e. The fraction of sp³-hybridized carbons (Fsp3) is 0.933. The van der Waals surface area contributed by atoms with Crippen LogP contribution in [0.3, 0.4) is 0 Å². The highest BCUT2D eigenvalue weighted by atomic mass is 16.5. The number of rotatable bonds is 5. The van der Waals surface area contributed by atoms with Gasteiger partial charge in [-0.25, -0.2) is 4.79 Å².